The summed E-state index contributed by atoms with van der Waals surface area (Å²) >= 11 is 2.81. The zero-order valence-electron chi connectivity index (χ0n) is 21.8. The minimum absolute atomic E-state index is 0.193. The Kier molecular flexibility index (Phi) is 8.05. The first kappa shape index (κ1) is 26.6. The van der Waals surface area contributed by atoms with E-state index in [1.165, 1.54) is 22.7 Å². The maximum absolute atomic E-state index is 13.8. The molecule has 0 fully saturated rings. The van der Waals surface area contributed by atoms with Crippen molar-refractivity contribution in [1.29, 1.82) is 0 Å². The molecule has 0 radical (unpaired) electrons. The van der Waals surface area contributed by atoms with Crippen molar-refractivity contribution in [2.45, 2.75) is 32.9 Å². The van der Waals surface area contributed by atoms with Gasteiger partial charge in [-0.25, -0.2) is 9.79 Å². The van der Waals surface area contributed by atoms with Crippen LogP contribution in [-0.4, -0.2) is 17.1 Å². The van der Waals surface area contributed by atoms with Gasteiger partial charge in [0, 0.05) is 4.88 Å². The standard InChI is InChI=1S/C31H28N2O4S2/c1-4-10-23-17-22(14-15-24(23)37-19-21-11-7-6-8-12-21)18-26-29(34)33-28(25-13-9-16-38-25)27(30(35)36-5-2)20(3)32-31(33)39-26/h4,6-9,11-18,28H,1,5,10,19H2,2-3H3/b26-18+/t28-/m0/s1. The van der Waals surface area contributed by atoms with Crippen molar-refractivity contribution in [3.8, 4) is 5.75 Å². The number of nitrogens with zero attached hydrogens (tertiary/aromatic N) is 2. The minimum atomic E-state index is -0.576. The molecule has 0 N–H and O–H groups in total. The number of aromatic nitrogens is 1. The Morgan fingerprint density at radius 2 is 1.97 bits per heavy atom. The van der Waals surface area contributed by atoms with Gasteiger partial charge < -0.3 is 9.47 Å². The van der Waals surface area contributed by atoms with Crippen molar-refractivity contribution in [3.63, 3.8) is 0 Å². The molecule has 39 heavy (non-hydrogen) atoms. The summed E-state index contributed by atoms with van der Waals surface area (Å²) in [5.74, 6) is 0.330. The number of ether oxygens (including phenoxy) is 2. The molecule has 2 aromatic heterocycles. The highest BCUT2D eigenvalue weighted by atomic mass is 32.1. The first-order valence-corrected chi connectivity index (χ1v) is 14.3. The largest absolute Gasteiger partial charge is 0.489 e. The van der Waals surface area contributed by atoms with Crippen LogP contribution in [0, 0.1) is 0 Å². The molecule has 3 heterocycles. The number of fused-ring (bicyclic) bond motifs is 1. The highest BCUT2D eigenvalue weighted by Crippen LogP contribution is 2.33. The van der Waals surface area contributed by atoms with E-state index in [1.807, 2.05) is 78.2 Å². The highest BCUT2D eigenvalue weighted by Gasteiger charge is 2.33. The Bertz CT molecular complexity index is 1710. The van der Waals surface area contributed by atoms with E-state index >= 15 is 0 Å². The molecular weight excluding hydrogens is 528 g/mol. The van der Waals surface area contributed by atoms with Crippen LogP contribution in [0.3, 0.4) is 0 Å². The molecule has 0 bridgehead atoms. The molecule has 4 aromatic rings. The van der Waals surface area contributed by atoms with E-state index in [4.69, 9.17) is 9.47 Å². The minimum Gasteiger partial charge on any atom is -0.489 e. The fourth-order valence-electron chi connectivity index (χ4n) is 4.54. The number of thiophene rings is 1. The number of carbonyl (C=O) groups is 1. The van der Waals surface area contributed by atoms with Crippen molar-refractivity contribution in [2.24, 2.45) is 4.99 Å². The third-order valence-corrected chi connectivity index (χ3v) is 8.22. The summed E-state index contributed by atoms with van der Waals surface area (Å²) in [4.78, 5) is 32.8. The molecular formula is C31H28N2O4S2. The molecule has 198 valence electrons. The van der Waals surface area contributed by atoms with Crippen LogP contribution in [0.15, 0.2) is 99.8 Å². The lowest BCUT2D eigenvalue weighted by Gasteiger charge is -2.23. The summed E-state index contributed by atoms with van der Waals surface area (Å²) in [6.45, 7) is 8.16. The van der Waals surface area contributed by atoms with Crippen molar-refractivity contribution in [3.05, 3.63) is 131 Å². The van der Waals surface area contributed by atoms with E-state index in [-0.39, 0.29) is 12.2 Å². The Balaban J connectivity index is 1.54. The quantitative estimate of drug-likeness (QED) is 0.211. The van der Waals surface area contributed by atoms with Crippen LogP contribution in [0.1, 0.15) is 41.5 Å². The third kappa shape index (κ3) is 5.57. The topological polar surface area (TPSA) is 69.9 Å². The van der Waals surface area contributed by atoms with E-state index < -0.39 is 12.0 Å². The van der Waals surface area contributed by atoms with Crippen LogP contribution in [0.25, 0.3) is 6.08 Å². The Morgan fingerprint density at radius 1 is 1.15 bits per heavy atom. The Hall–Kier alpha value is -4.01. The summed E-state index contributed by atoms with van der Waals surface area (Å²) in [5.41, 5.74) is 3.71. The van der Waals surface area contributed by atoms with E-state index in [0.29, 0.717) is 33.6 Å². The van der Waals surface area contributed by atoms with Gasteiger partial charge in [-0.05, 0) is 66.6 Å². The second kappa shape index (κ2) is 11.8. The molecule has 8 heteroatoms. The lowest BCUT2D eigenvalue weighted by atomic mass is 10.0. The summed E-state index contributed by atoms with van der Waals surface area (Å²) < 4.78 is 13.6. The van der Waals surface area contributed by atoms with E-state index in [9.17, 15) is 9.59 Å². The van der Waals surface area contributed by atoms with Crippen molar-refractivity contribution in [2.75, 3.05) is 6.61 Å². The predicted octanol–water partition coefficient (Wildman–Crippen LogP) is 5.17. The molecule has 0 spiro atoms. The lowest BCUT2D eigenvalue weighted by Crippen LogP contribution is -2.39. The Labute approximate surface area is 234 Å². The maximum Gasteiger partial charge on any atom is 0.338 e. The van der Waals surface area contributed by atoms with Crippen LogP contribution in [-0.2, 0) is 22.6 Å². The van der Waals surface area contributed by atoms with Crippen LogP contribution in [0.5, 0.6) is 5.75 Å². The average molecular weight is 557 g/mol. The van der Waals surface area contributed by atoms with Gasteiger partial charge >= 0.3 is 5.97 Å². The van der Waals surface area contributed by atoms with Gasteiger partial charge in [-0.1, -0.05) is 59.9 Å². The van der Waals surface area contributed by atoms with Crippen LogP contribution >= 0.6 is 22.7 Å². The molecule has 1 atom stereocenters. The highest BCUT2D eigenvalue weighted by molar-refractivity contribution is 7.10. The van der Waals surface area contributed by atoms with Gasteiger partial charge in [-0.3, -0.25) is 9.36 Å². The molecule has 0 unspecified atom stereocenters. The molecule has 0 saturated heterocycles. The number of esters is 1. The third-order valence-electron chi connectivity index (χ3n) is 6.31. The van der Waals surface area contributed by atoms with Gasteiger partial charge in [0.05, 0.1) is 22.4 Å². The van der Waals surface area contributed by atoms with Gasteiger partial charge in [0.1, 0.15) is 18.4 Å². The second-order valence-electron chi connectivity index (χ2n) is 8.95. The number of rotatable bonds is 9. The summed E-state index contributed by atoms with van der Waals surface area (Å²) in [5, 5.41) is 1.94. The molecule has 6 nitrogen and oxygen atoms in total. The number of hydrogen-bond acceptors (Lipinski definition) is 7. The molecule has 0 aliphatic carbocycles. The Morgan fingerprint density at radius 3 is 2.69 bits per heavy atom. The van der Waals surface area contributed by atoms with Crippen LogP contribution in [0.4, 0.5) is 0 Å². The van der Waals surface area contributed by atoms with Crippen molar-refractivity contribution >= 4 is 34.7 Å². The number of allylic oxidation sites excluding steroid dienone is 2. The van der Waals surface area contributed by atoms with Gasteiger partial charge in [-0.2, -0.15) is 0 Å². The van der Waals surface area contributed by atoms with E-state index in [2.05, 4.69) is 11.6 Å². The molecule has 0 amide bonds. The molecule has 1 aliphatic rings. The fourth-order valence-corrected chi connectivity index (χ4v) is 6.41. The summed E-state index contributed by atoms with van der Waals surface area (Å²) in [7, 11) is 0. The number of benzene rings is 2. The number of carbonyl (C=O) groups excluding carboxylic acids is 1. The zero-order chi connectivity index (χ0) is 27.4. The first-order chi connectivity index (χ1) is 19.0. The van der Waals surface area contributed by atoms with Gasteiger partial charge in [0.15, 0.2) is 4.80 Å². The average Bonchev–Trinajstić information content (AvgIpc) is 3.57. The van der Waals surface area contributed by atoms with Gasteiger partial charge in [0.25, 0.3) is 5.56 Å². The van der Waals surface area contributed by atoms with E-state index in [1.54, 1.807) is 18.4 Å². The summed E-state index contributed by atoms with van der Waals surface area (Å²) in [6.07, 6.45) is 4.34. The lowest BCUT2D eigenvalue weighted by molar-refractivity contribution is -0.139. The molecule has 5 rings (SSSR count). The second-order valence-corrected chi connectivity index (χ2v) is 10.9. The van der Waals surface area contributed by atoms with Gasteiger partial charge in [0.2, 0.25) is 0 Å². The molecule has 2 aromatic carbocycles. The normalized spacial score (nSPS) is 15.0. The van der Waals surface area contributed by atoms with Crippen LogP contribution < -0.4 is 19.6 Å². The maximum atomic E-state index is 13.8. The number of hydrogen-bond donors (Lipinski definition) is 0. The SMILES string of the molecule is C=CCc1cc(/C=c2/sc3n(c2=O)[C@@H](c2cccs2)C(C(=O)OCC)=C(C)N=3)ccc1OCc1ccccc1. The molecule has 1 aliphatic heterocycles. The van der Waals surface area contributed by atoms with Crippen LogP contribution in [0.2, 0.25) is 0 Å². The zero-order valence-corrected chi connectivity index (χ0v) is 23.4. The monoisotopic (exact) mass is 556 g/mol. The first-order valence-electron chi connectivity index (χ1n) is 12.6. The summed E-state index contributed by atoms with van der Waals surface area (Å²) in [6, 6.07) is 19.2. The molecule has 0 saturated carbocycles. The van der Waals surface area contributed by atoms with Crippen molar-refractivity contribution in [1.82, 2.24) is 4.57 Å². The van der Waals surface area contributed by atoms with E-state index in [0.717, 1.165) is 27.3 Å². The van der Waals surface area contributed by atoms with Gasteiger partial charge in [-0.15, -0.1) is 17.9 Å². The predicted molar refractivity (Wildman–Crippen MR) is 156 cm³/mol. The van der Waals surface area contributed by atoms with Crippen molar-refractivity contribution < 1.29 is 14.3 Å². The number of thiazole rings is 1. The fraction of sp³-hybridized carbons (Fsp3) is 0.194. The smallest absolute Gasteiger partial charge is 0.338 e.